The van der Waals surface area contributed by atoms with Gasteiger partial charge in [0.05, 0.1) is 24.9 Å². The molecule has 0 heterocycles. The molecule has 1 amide bonds. The van der Waals surface area contributed by atoms with Crippen LogP contribution in [0.25, 0.3) is 0 Å². The predicted octanol–water partition coefficient (Wildman–Crippen LogP) is 4.21. The summed E-state index contributed by atoms with van der Waals surface area (Å²) in [5, 5.41) is 3.71. The molecule has 140 valence electrons. The molecule has 0 aliphatic heterocycles. The van der Waals surface area contributed by atoms with Crippen molar-refractivity contribution in [3.8, 4) is 11.5 Å². The van der Waals surface area contributed by atoms with Gasteiger partial charge in [-0.15, -0.1) is 0 Å². The molecule has 0 radical (unpaired) electrons. The second kappa shape index (κ2) is 9.92. The predicted molar refractivity (Wildman–Crippen MR) is 105 cm³/mol. The molecule has 0 aromatic heterocycles. The van der Waals surface area contributed by atoms with Gasteiger partial charge < -0.3 is 19.7 Å². The summed E-state index contributed by atoms with van der Waals surface area (Å²) in [6.07, 6.45) is 0.384. The van der Waals surface area contributed by atoms with Gasteiger partial charge in [0.1, 0.15) is 11.5 Å². The van der Waals surface area contributed by atoms with Crippen molar-refractivity contribution < 1.29 is 14.3 Å². The fraction of sp³-hybridized carbons (Fsp3) is 0.350. The number of ether oxygens (including phenoxy) is 2. The maximum absolute atomic E-state index is 12.5. The van der Waals surface area contributed by atoms with Gasteiger partial charge in [-0.25, -0.2) is 0 Å². The van der Waals surface area contributed by atoms with Crippen molar-refractivity contribution in [2.45, 2.75) is 19.9 Å². The van der Waals surface area contributed by atoms with E-state index in [0.29, 0.717) is 42.6 Å². The minimum atomic E-state index is 0.101. The molecule has 0 saturated carbocycles. The van der Waals surface area contributed by atoms with E-state index >= 15 is 0 Å². The fourth-order valence-electron chi connectivity index (χ4n) is 2.64. The molecule has 0 aliphatic carbocycles. The molecule has 6 heteroatoms. The van der Waals surface area contributed by atoms with E-state index in [-0.39, 0.29) is 5.91 Å². The SMILES string of the molecule is CCN(Cc1ccccc1)C(=O)CCNc1cc(OC)c(Cl)cc1OC. The number of rotatable bonds is 9. The van der Waals surface area contributed by atoms with Crippen molar-refractivity contribution in [3.63, 3.8) is 0 Å². The maximum atomic E-state index is 12.5. The number of anilines is 1. The smallest absolute Gasteiger partial charge is 0.224 e. The largest absolute Gasteiger partial charge is 0.495 e. The second-order valence-corrected chi connectivity index (χ2v) is 6.16. The third kappa shape index (κ3) is 5.30. The summed E-state index contributed by atoms with van der Waals surface area (Å²) in [5.74, 6) is 1.27. The number of hydrogen-bond acceptors (Lipinski definition) is 4. The molecule has 0 unspecified atom stereocenters. The number of carbonyl (C=O) groups excluding carboxylic acids is 1. The maximum Gasteiger partial charge on any atom is 0.224 e. The van der Waals surface area contributed by atoms with Crippen LogP contribution < -0.4 is 14.8 Å². The number of benzene rings is 2. The van der Waals surface area contributed by atoms with Crippen molar-refractivity contribution >= 4 is 23.2 Å². The number of carbonyl (C=O) groups is 1. The lowest BCUT2D eigenvalue weighted by Crippen LogP contribution is -2.31. The van der Waals surface area contributed by atoms with E-state index in [0.717, 1.165) is 11.3 Å². The van der Waals surface area contributed by atoms with E-state index in [9.17, 15) is 4.79 Å². The first-order valence-corrected chi connectivity index (χ1v) is 8.94. The molecule has 2 aromatic carbocycles. The van der Waals surface area contributed by atoms with Gasteiger partial charge in [0.2, 0.25) is 5.91 Å². The molecule has 0 spiro atoms. The van der Waals surface area contributed by atoms with Gasteiger partial charge in [-0.3, -0.25) is 4.79 Å². The van der Waals surface area contributed by atoms with E-state index < -0.39 is 0 Å². The molecule has 1 N–H and O–H groups in total. The molecule has 5 nitrogen and oxygen atoms in total. The second-order valence-electron chi connectivity index (χ2n) is 5.76. The number of amides is 1. The highest BCUT2D eigenvalue weighted by atomic mass is 35.5. The number of nitrogens with zero attached hydrogens (tertiary/aromatic N) is 1. The molecule has 0 bridgehead atoms. The molecule has 2 aromatic rings. The third-order valence-corrected chi connectivity index (χ3v) is 4.37. The third-order valence-electron chi connectivity index (χ3n) is 4.08. The van der Waals surface area contributed by atoms with E-state index in [4.69, 9.17) is 21.1 Å². The minimum absolute atomic E-state index is 0.101. The summed E-state index contributed by atoms with van der Waals surface area (Å²) in [6, 6.07) is 13.5. The van der Waals surface area contributed by atoms with Gasteiger partial charge in [-0.2, -0.15) is 0 Å². The fourth-order valence-corrected chi connectivity index (χ4v) is 2.87. The highest BCUT2D eigenvalue weighted by Crippen LogP contribution is 2.35. The van der Waals surface area contributed by atoms with Crippen molar-refractivity contribution in [2.75, 3.05) is 32.6 Å². The summed E-state index contributed by atoms with van der Waals surface area (Å²) in [7, 11) is 3.14. The van der Waals surface area contributed by atoms with Crippen LogP contribution in [0.4, 0.5) is 5.69 Å². The number of hydrogen-bond donors (Lipinski definition) is 1. The van der Waals surface area contributed by atoms with Gasteiger partial charge in [0.15, 0.2) is 0 Å². The lowest BCUT2D eigenvalue weighted by atomic mass is 10.2. The highest BCUT2D eigenvalue weighted by Gasteiger charge is 2.13. The number of nitrogens with one attached hydrogen (secondary N) is 1. The number of methoxy groups -OCH3 is 2. The molecule has 0 saturated heterocycles. The van der Waals surface area contributed by atoms with E-state index in [1.165, 1.54) is 0 Å². The van der Waals surface area contributed by atoms with E-state index in [2.05, 4.69) is 5.32 Å². The van der Waals surface area contributed by atoms with Crippen LogP contribution in [0.2, 0.25) is 5.02 Å². The molecule has 2 rings (SSSR count). The Morgan fingerprint density at radius 2 is 1.81 bits per heavy atom. The summed E-state index contributed by atoms with van der Waals surface area (Å²) < 4.78 is 10.6. The van der Waals surface area contributed by atoms with Gasteiger partial charge in [-0.1, -0.05) is 41.9 Å². The molecule has 0 aliphatic rings. The first-order chi connectivity index (χ1) is 12.6. The van der Waals surface area contributed by atoms with Crippen molar-refractivity contribution in [1.29, 1.82) is 0 Å². The van der Waals surface area contributed by atoms with Crippen LogP contribution in [-0.2, 0) is 11.3 Å². The zero-order chi connectivity index (χ0) is 18.9. The van der Waals surface area contributed by atoms with Gasteiger partial charge in [0.25, 0.3) is 0 Å². The highest BCUT2D eigenvalue weighted by molar-refractivity contribution is 6.32. The van der Waals surface area contributed by atoms with Crippen molar-refractivity contribution in [1.82, 2.24) is 4.90 Å². The average molecular weight is 377 g/mol. The molecular formula is C20H25ClN2O3. The van der Waals surface area contributed by atoms with Crippen LogP contribution in [0.5, 0.6) is 11.5 Å². The lowest BCUT2D eigenvalue weighted by Gasteiger charge is -2.21. The Kier molecular flexibility index (Phi) is 7.60. The Morgan fingerprint density at radius 3 is 2.42 bits per heavy atom. The Hall–Kier alpha value is -2.40. The topological polar surface area (TPSA) is 50.8 Å². The molecule has 26 heavy (non-hydrogen) atoms. The Balaban J connectivity index is 1.94. The zero-order valence-corrected chi connectivity index (χ0v) is 16.2. The van der Waals surface area contributed by atoms with Crippen LogP contribution in [0.3, 0.4) is 0 Å². The molecular weight excluding hydrogens is 352 g/mol. The molecule has 0 atom stereocenters. The van der Waals surface area contributed by atoms with E-state index in [1.807, 2.05) is 42.2 Å². The summed E-state index contributed by atoms with van der Waals surface area (Å²) in [5.41, 5.74) is 1.87. The summed E-state index contributed by atoms with van der Waals surface area (Å²) >= 11 is 6.11. The number of halogens is 1. The van der Waals surface area contributed by atoms with Crippen LogP contribution >= 0.6 is 11.6 Å². The standard InChI is InChI=1S/C20H25ClN2O3/c1-4-23(14-15-8-6-5-7-9-15)20(24)10-11-22-17-13-18(25-2)16(21)12-19(17)26-3/h5-9,12-13,22H,4,10-11,14H2,1-3H3. The summed E-state index contributed by atoms with van der Waals surface area (Å²) in [4.78, 5) is 14.4. The van der Waals surface area contributed by atoms with Gasteiger partial charge in [-0.05, 0) is 12.5 Å². The van der Waals surface area contributed by atoms with Crippen LogP contribution in [-0.4, -0.2) is 38.1 Å². The van der Waals surface area contributed by atoms with Crippen LogP contribution in [0.15, 0.2) is 42.5 Å². The Morgan fingerprint density at radius 1 is 1.12 bits per heavy atom. The zero-order valence-electron chi connectivity index (χ0n) is 15.4. The summed E-state index contributed by atoms with van der Waals surface area (Å²) in [6.45, 7) is 3.77. The Labute approximate surface area is 159 Å². The van der Waals surface area contributed by atoms with E-state index in [1.54, 1.807) is 26.4 Å². The first kappa shape index (κ1) is 19.9. The normalized spacial score (nSPS) is 10.3. The van der Waals surface area contributed by atoms with Gasteiger partial charge >= 0.3 is 0 Å². The van der Waals surface area contributed by atoms with Crippen molar-refractivity contribution in [3.05, 3.63) is 53.1 Å². The minimum Gasteiger partial charge on any atom is -0.495 e. The first-order valence-electron chi connectivity index (χ1n) is 8.56. The van der Waals surface area contributed by atoms with Crippen LogP contribution in [0, 0.1) is 0 Å². The quantitative estimate of drug-likeness (QED) is 0.712. The van der Waals surface area contributed by atoms with Crippen molar-refractivity contribution in [2.24, 2.45) is 0 Å². The Bertz CT molecular complexity index is 722. The van der Waals surface area contributed by atoms with Crippen LogP contribution in [0.1, 0.15) is 18.9 Å². The lowest BCUT2D eigenvalue weighted by molar-refractivity contribution is -0.131. The van der Waals surface area contributed by atoms with Gasteiger partial charge in [0, 0.05) is 38.2 Å². The molecule has 0 fully saturated rings. The average Bonchev–Trinajstić information content (AvgIpc) is 2.67. The monoisotopic (exact) mass is 376 g/mol.